The molecular formula is C9H14ClNO2. The summed E-state index contributed by atoms with van der Waals surface area (Å²) in [5, 5.41) is 9.13. The number of halogens is 1. The van der Waals surface area contributed by atoms with Crippen molar-refractivity contribution in [2.75, 3.05) is 13.7 Å². The van der Waals surface area contributed by atoms with Crippen molar-refractivity contribution in [2.24, 2.45) is 5.73 Å². The van der Waals surface area contributed by atoms with Gasteiger partial charge in [0.1, 0.15) is 11.5 Å². The molecule has 74 valence electrons. The molecule has 1 aromatic carbocycles. The lowest BCUT2D eigenvalue weighted by Gasteiger charge is -2.06. The molecule has 1 aromatic rings. The fourth-order valence-electron chi connectivity index (χ4n) is 1.10. The Bertz CT molecular complexity index is 266. The van der Waals surface area contributed by atoms with Gasteiger partial charge < -0.3 is 15.6 Å². The van der Waals surface area contributed by atoms with Gasteiger partial charge >= 0.3 is 0 Å². The molecule has 0 bridgehead atoms. The highest BCUT2D eigenvalue weighted by Gasteiger charge is 2.01. The molecule has 0 unspecified atom stereocenters. The first kappa shape index (κ1) is 12.1. The van der Waals surface area contributed by atoms with Crippen LogP contribution in [0.25, 0.3) is 0 Å². The molecule has 0 radical (unpaired) electrons. The Hall–Kier alpha value is -0.930. The van der Waals surface area contributed by atoms with Crippen LogP contribution in [0.4, 0.5) is 0 Å². The Morgan fingerprint density at radius 2 is 2.15 bits per heavy atom. The molecular weight excluding hydrogens is 190 g/mol. The lowest BCUT2D eigenvalue weighted by Crippen LogP contribution is -2.03. The van der Waals surface area contributed by atoms with Gasteiger partial charge in [-0.05, 0) is 24.6 Å². The smallest absolute Gasteiger partial charge is 0.125 e. The zero-order chi connectivity index (χ0) is 8.97. The van der Waals surface area contributed by atoms with E-state index in [4.69, 9.17) is 15.6 Å². The van der Waals surface area contributed by atoms with E-state index in [1.807, 2.05) is 6.07 Å². The average molecular weight is 204 g/mol. The molecule has 4 heteroatoms. The molecule has 0 fully saturated rings. The Balaban J connectivity index is 0.00000144. The number of ether oxygens (including phenoxy) is 1. The second kappa shape index (κ2) is 5.67. The van der Waals surface area contributed by atoms with Crippen LogP contribution in [0.5, 0.6) is 11.5 Å². The maximum atomic E-state index is 9.13. The molecule has 0 aliphatic carbocycles. The van der Waals surface area contributed by atoms with Crippen LogP contribution in [-0.4, -0.2) is 18.8 Å². The summed E-state index contributed by atoms with van der Waals surface area (Å²) in [5.74, 6) is 0.910. The fraction of sp³-hybridized carbons (Fsp3) is 0.333. The van der Waals surface area contributed by atoms with E-state index in [0.29, 0.717) is 12.3 Å². The van der Waals surface area contributed by atoms with Crippen LogP contribution in [0.15, 0.2) is 18.2 Å². The second-order valence-corrected chi connectivity index (χ2v) is 2.53. The van der Waals surface area contributed by atoms with Crippen LogP contribution in [-0.2, 0) is 6.42 Å². The average Bonchev–Trinajstić information content (AvgIpc) is 2.08. The molecule has 0 aromatic heterocycles. The van der Waals surface area contributed by atoms with E-state index < -0.39 is 0 Å². The molecule has 0 aliphatic rings. The first-order valence-electron chi connectivity index (χ1n) is 3.84. The molecule has 0 aliphatic heterocycles. The zero-order valence-electron chi connectivity index (χ0n) is 7.49. The number of benzene rings is 1. The van der Waals surface area contributed by atoms with E-state index in [2.05, 4.69) is 0 Å². The third-order valence-corrected chi connectivity index (χ3v) is 1.68. The first-order chi connectivity index (χ1) is 5.77. The normalized spacial score (nSPS) is 9.08. The monoisotopic (exact) mass is 203 g/mol. The minimum absolute atomic E-state index is 0. The van der Waals surface area contributed by atoms with Crippen molar-refractivity contribution in [1.29, 1.82) is 0 Å². The zero-order valence-corrected chi connectivity index (χ0v) is 8.30. The lowest BCUT2D eigenvalue weighted by molar-refractivity contribution is 0.403. The summed E-state index contributed by atoms with van der Waals surface area (Å²) in [4.78, 5) is 0. The van der Waals surface area contributed by atoms with Crippen LogP contribution in [0.1, 0.15) is 5.56 Å². The Morgan fingerprint density at radius 1 is 1.46 bits per heavy atom. The number of phenols is 1. The van der Waals surface area contributed by atoms with Crippen molar-refractivity contribution >= 4 is 12.4 Å². The SMILES string of the molecule is COc1cc(O)ccc1CCN.Cl. The maximum Gasteiger partial charge on any atom is 0.125 e. The third-order valence-electron chi connectivity index (χ3n) is 1.68. The third kappa shape index (κ3) is 3.13. The summed E-state index contributed by atoms with van der Waals surface area (Å²) in [6.07, 6.45) is 0.767. The summed E-state index contributed by atoms with van der Waals surface area (Å²) >= 11 is 0. The summed E-state index contributed by atoms with van der Waals surface area (Å²) in [5.41, 5.74) is 6.43. The van der Waals surface area contributed by atoms with Gasteiger partial charge in [-0.1, -0.05) is 6.07 Å². The van der Waals surface area contributed by atoms with E-state index in [0.717, 1.165) is 12.0 Å². The summed E-state index contributed by atoms with van der Waals surface area (Å²) < 4.78 is 5.06. The summed E-state index contributed by atoms with van der Waals surface area (Å²) in [6, 6.07) is 5.04. The van der Waals surface area contributed by atoms with Crippen molar-refractivity contribution in [2.45, 2.75) is 6.42 Å². The van der Waals surface area contributed by atoms with E-state index in [1.54, 1.807) is 19.2 Å². The molecule has 0 saturated heterocycles. The van der Waals surface area contributed by atoms with Gasteiger partial charge in [-0.3, -0.25) is 0 Å². The topological polar surface area (TPSA) is 55.5 Å². The highest BCUT2D eigenvalue weighted by atomic mass is 35.5. The molecule has 0 spiro atoms. The van der Waals surface area contributed by atoms with Gasteiger partial charge in [-0.2, -0.15) is 0 Å². The van der Waals surface area contributed by atoms with Crippen molar-refractivity contribution in [1.82, 2.24) is 0 Å². The molecule has 0 heterocycles. The van der Waals surface area contributed by atoms with Crippen molar-refractivity contribution in [3.05, 3.63) is 23.8 Å². The lowest BCUT2D eigenvalue weighted by atomic mass is 10.1. The van der Waals surface area contributed by atoms with E-state index in [9.17, 15) is 0 Å². The Labute approximate surface area is 83.9 Å². The summed E-state index contributed by atoms with van der Waals surface area (Å²) in [7, 11) is 1.58. The standard InChI is InChI=1S/C9H13NO2.ClH/c1-12-9-6-8(11)3-2-7(9)4-5-10;/h2-3,6,11H,4-5,10H2,1H3;1H. The van der Waals surface area contributed by atoms with Gasteiger partial charge in [0.25, 0.3) is 0 Å². The fourth-order valence-corrected chi connectivity index (χ4v) is 1.10. The number of methoxy groups -OCH3 is 1. The predicted octanol–water partition coefficient (Wildman–Crippen LogP) is 1.32. The van der Waals surface area contributed by atoms with Gasteiger partial charge in [0.2, 0.25) is 0 Å². The molecule has 1 rings (SSSR count). The van der Waals surface area contributed by atoms with E-state index in [1.165, 1.54) is 0 Å². The summed E-state index contributed by atoms with van der Waals surface area (Å²) in [6.45, 7) is 0.584. The highest BCUT2D eigenvalue weighted by Crippen LogP contribution is 2.23. The maximum absolute atomic E-state index is 9.13. The largest absolute Gasteiger partial charge is 0.508 e. The van der Waals surface area contributed by atoms with E-state index >= 15 is 0 Å². The van der Waals surface area contributed by atoms with Gasteiger partial charge in [0, 0.05) is 6.07 Å². The van der Waals surface area contributed by atoms with Crippen LogP contribution in [0.2, 0.25) is 0 Å². The minimum atomic E-state index is 0. The Kier molecular flexibility index (Phi) is 5.26. The van der Waals surface area contributed by atoms with Crippen molar-refractivity contribution in [3.8, 4) is 11.5 Å². The molecule has 0 amide bonds. The van der Waals surface area contributed by atoms with Crippen molar-refractivity contribution in [3.63, 3.8) is 0 Å². The number of hydrogen-bond donors (Lipinski definition) is 2. The van der Waals surface area contributed by atoms with Crippen LogP contribution in [0, 0.1) is 0 Å². The molecule has 0 atom stereocenters. The number of phenolic OH excluding ortho intramolecular Hbond substituents is 1. The van der Waals surface area contributed by atoms with Crippen LogP contribution >= 0.6 is 12.4 Å². The predicted molar refractivity (Wildman–Crippen MR) is 54.7 cm³/mol. The molecule has 3 nitrogen and oxygen atoms in total. The number of aromatic hydroxyl groups is 1. The second-order valence-electron chi connectivity index (χ2n) is 2.53. The quantitative estimate of drug-likeness (QED) is 0.779. The van der Waals surface area contributed by atoms with Gasteiger partial charge in [0.15, 0.2) is 0 Å². The first-order valence-corrected chi connectivity index (χ1v) is 3.84. The Morgan fingerprint density at radius 3 is 2.69 bits per heavy atom. The minimum Gasteiger partial charge on any atom is -0.508 e. The van der Waals surface area contributed by atoms with Crippen molar-refractivity contribution < 1.29 is 9.84 Å². The van der Waals surface area contributed by atoms with Crippen LogP contribution < -0.4 is 10.5 Å². The molecule has 0 saturated carbocycles. The van der Waals surface area contributed by atoms with E-state index in [-0.39, 0.29) is 18.2 Å². The number of rotatable bonds is 3. The number of hydrogen-bond acceptors (Lipinski definition) is 3. The van der Waals surface area contributed by atoms with Gasteiger partial charge in [-0.15, -0.1) is 12.4 Å². The molecule has 13 heavy (non-hydrogen) atoms. The van der Waals surface area contributed by atoms with Crippen LogP contribution in [0.3, 0.4) is 0 Å². The number of nitrogens with two attached hydrogens (primary N) is 1. The highest BCUT2D eigenvalue weighted by molar-refractivity contribution is 5.85. The van der Waals surface area contributed by atoms with Gasteiger partial charge in [-0.25, -0.2) is 0 Å². The van der Waals surface area contributed by atoms with Gasteiger partial charge in [0.05, 0.1) is 7.11 Å². The molecule has 3 N–H and O–H groups in total.